The second-order valence-electron chi connectivity index (χ2n) is 10.4. The molecule has 0 fully saturated rings. The Labute approximate surface area is 218 Å². The van der Waals surface area contributed by atoms with Crippen molar-refractivity contribution in [3.05, 3.63) is 64.9 Å². The van der Waals surface area contributed by atoms with Gasteiger partial charge in [-0.15, -0.1) is 0 Å². The number of pyridine rings is 1. The third kappa shape index (κ3) is 6.37. The van der Waals surface area contributed by atoms with Crippen LogP contribution in [0.15, 0.2) is 42.6 Å². The fourth-order valence-electron chi connectivity index (χ4n) is 5.03. The van der Waals surface area contributed by atoms with Gasteiger partial charge in [-0.25, -0.2) is 9.78 Å². The lowest BCUT2D eigenvalue weighted by Crippen LogP contribution is -2.49. The van der Waals surface area contributed by atoms with Crippen molar-refractivity contribution in [3.8, 4) is 5.88 Å². The van der Waals surface area contributed by atoms with Crippen molar-refractivity contribution in [2.75, 3.05) is 26.7 Å². The summed E-state index contributed by atoms with van der Waals surface area (Å²) in [6.07, 6.45) is 8.13. The molecule has 3 atom stereocenters. The second kappa shape index (κ2) is 11.9. The number of benzene rings is 1. The lowest BCUT2D eigenvalue weighted by atomic mass is 9.93. The molecule has 198 valence electrons. The average molecular weight is 508 g/mol. The number of fused-ring (bicyclic) bond motifs is 1. The third-order valence-electron chi connectivity index (χ3n) is 7.33. The highest BCUT2D eigenvalue weighted by atomic mass is 16.5. The van der Waals surface area contributed by atoms with Crippen molar-refractivity contribution in [3.63, 3.8) is 0 Å². The van der Waals surface area contributed by atoms with Crippen molar-refractivity contribution < 1.29 is 24.5 Å². The molecule has 4 rings (SSSR count). The van der Waals surface area contributed by atoms with E-state index in [4.69, 9.17) is 9.84 Å². The monoisotopic (exact) mass is 507 g/mol. The van der Waals surface area contributed by atoms with Crippen molar-refractivity contribution >= 4 is 17.4 Å². The lowest BCUT2D eigenvalue weighted by Gasteiger charge is -2.37. The van der Waals surface area contributed by atoms with Gasteiger partial charge in [0, 0.05) is 31.7 Å². The standard InChI is InChI=1S/C29H37N3O5/c1-19-15-32(20(2)18-33)28(34)25-13-24(22-7-5-4-6-8-22)14-30-27(25)37-26(19)17-31(3)16-21-9-11-23(12-10-21)29(35)36/h7,9-14,19-20,26,33H,4-6,8,15-18H2,1-3H3,(H,35,36)/t19-,20-,26+/m0/s1. The van der Waals surface area contributed by atoms with Gasteiger partial charge in [-0.05, 0) is 74.6 Å². The molecule has 0 bridgehead atoms. The van der Waals surface area contributed by atoms with Crippen LogP contribution in [0, 0.1) is 5.92 Å². The highest BCUT2D eigenvalue weighted by Crippen LogP contribution is 2.32. The van der Waals surface area contributed by atoms with Crippen LogP contribution in [0.25, 0.3) is 5.57 Å². The molecule has 2 aromatic rings. The number of carboxylic acid groups (broad SMARTS) is 1. The summed E-state index contributed by atoms with van der Waals surface area (Å²) in [6, 6.07) is 8.44. The molecule has 2 heterocycles. The summed E-state index contributed by atoms with van der Waals surface area (Å²) in [5.74, 6) is -0.789. The number of aromatic nitrogens is 1. The third-order valence-corrected chi connectivity index (χ3v) is 7.33. The number of hydrogen-bond acceptors (Lipinski definition) is 6. The van der Waals surface area contributed by atoms with E-state index < -0.39 is 5.97 Å². The van der Waals surface area contributed by atoms with Gasteiger partial charge >= 0.3 is 5.97 Å². The maximum Gasteiger partial charge on any atom is 0.335 e. The molecular weight excluding hydrogens is 470 g/mol. The molecule has 8 nitrogen and oxygen atoms in total. The Morgan fingerprint density at radius 2 is 2.03 bits per heavy atom. The first-order chi connectivity index (χ1) is 17.8. The first kappa shape index (κ1) is 26.8. The topological polar surface area (TPSA) is 103 Å². The molecule has 2 N–H and O–H groups in total. The van der Waals surface area contributed by atoms with Crippen LogP contribution in [0.1, 0.15) is 71.4 Å². The largest absolute Gasteiger partial charge is 0.478 e. The van der Waals surface area contributed by atoms with Gasteiger partial charge in [-0.3, -0.25) is 9.69 Å². The van der Waals surface area contributed by atoms with Gasteiger partial charge in [-0.2, -0.15) is 0 Å². The molecule has 0 spiro atoms. The number of nitrogens with zero attached hydrogens (tertiary/aromatic N) is 3. The number of rotatable bonds is 8. The summed E-state index contributed by atoms with van der Waals surface area (Å²) in [6.45, 7) is 5.45. The number of carbonyl (C=O) groups is 2. The average Bonchev–Trinajstić information content (AvgIpc) is 2.90. The Morgan fingerprint density at radius 1 is 1.27 bits per heavy atom. The maximum absolute atomic E-state index is 13.6. The van der Waals surface area contributed by atoms with Gasteiger partial charge in [0.05, 0.1) is 18.2 Å². The number of carbonyl (C=O) groups excluding carboxylic acids is 1. The van der Waals surface area contributed by atoms with Gasteiger partial charge in [0.15, 0.2) is 0 Å². The quantitative estimate of drug-likeness (QED) is 0.555. The van der Waals surface area contributed by atoms with Crippen LogP contribution >= 0.6 is 0 Å². The molecule has 0 unspecified atom stereocenters. The van der Waals surface area contributed by atoms with Crippen molar-refractivity contribution in [2.24, 2.45) is 5.92 Å². The molecule has 1 aromatic heterocycles. The van der Waals surface area contributed by atoms with Gasteiger partial charge in [0.25, 0.3) is 5.91 Å². The lowest BCUT2D eigenvalue weighted by molar-refractivity contribution is 0.0325. The number of hydrogen-bond donors (Lipinski definition) is 2. The smallest absolute Gasteiger partial charge is 0.335 e. The summed E-state index contributed by atoms with van der Waals surface area (Å²) < 4.78 is 6.42. The van der Waals surface area contributed by atoms with Crippen LogP contribution in [-0.2, 0) is 6.54 Å². The fraction of sp³-hybridized carbons (Fsp3) is 0.483. The van der Waals surface area contributed by atoms with E-state index in [1.165, 1.54) is 12.0 Å². The predicted octanol–water partition coefficient (Wildman–Crippen LogP) is 4.09. The Morgan fingerprint density at radius 3 is 2.68 bits per heavy atom. The van der Waals surface area contributed by atoms with Crippen LogP contribution in [0.4, 0.5) is 0 Å². The molecular formula is C29H37N3O5. The van der Waals surface area contributed by atoms with E-state index in [0.717, 1.165) is 30.4 Å². The first-order valence-electron chi connectivity index (χ1n) is 13.1. The van der Waals surface area contributed by atoms with Crippen LogP contribution in [0.5, 0.6) is 5.88 Å². The zero-order valence-electron chi connectivity index (χ0n) is 21.9. The van der Waals surface area contributed by atoms with E-state index in [2.05, 4.69) is 22.9 Å². The summed E-state index contributed by atoms with van der Waals surface area (Å²) in [5.41, 5.74) is 3.88. The summed E-state index contributed by atoms with van der Waals surface area (Å²) in [4.78, 5) is 33.3. The number of amides is 1. The number of aliphatic hydroxyl groups is 1. The zero-order chi connectivity index (χ0) is 26.5. The minimum atomic E-state index is -0.943. The highest BCUT2D eigenvalue weighted by Gasteiger charge is 2.34. The summed E-state index contributed by atoms with van der Waals surface area (Å²) in [7, 11) is 1.99. The van der Waals surface area contributed by atoms with Crippen LogP contribution in [0.3, 0.4) is 0 Å². The number of ether oxygens (including phenoxy) is 1. The summed E-state index contributed by atoms with van der Waals surface area (Å²) >= 11 is 0. The van der Waals surface area contributed by atoms with Crippen LogP contribution < -0.4 is 4.74 Å². The second-order valence-corrected chi connectivity index (χ2v) is 10.4. The van der Waals surface area contributed by atoms with Gasteiger partial charge < -0.3 is 19.8 Å². The van der Waals surface area contributed by atoms with E-state index in [1.807, 2.05) is 32.2 Å². The Hall–Kier alpha value is -3.23. The van der Waals surface area contributed by atoms with E-state index >= 15 is 0 Å². The Balaban J connectivity index is 1.59. The van der Waals surface area contributed by atoms with E-state index in [0.29, 0.717) is 31.1 Å². The fourth-order valence-corrected chi connectivity index (χ4v) is 5.03. The SMILES string of the molecule is C[C@H]1CN([C@@H](C)CO)C(=O)c2cc(C3=CCCCC3)cnc2O[C@@H]1CN(C)Cc1ccc(C(=O)O)cc1. The van der Waals surface area contributed by atoms with Gasteiger partial charge in [-0.1, -0.05) is 25.1 Å². The van der Waals surface area contributed by atoms with Crippen molar-refractivity contribution in [1.29, 1.82) is 0 Å². The number of aliphatic hydroxyl groups excluding tert-OH is 1. The van der Waals surface area contributed by atoms with Crippen LogP contribution in [-0.4, -0.2) is 75.8 Å². The minimum absolute atomic E-state index is 0.00883. The number of carboxylic acids is 1. The van der Waals surface area contributed by atoms with E-state index in [-0.39, 0.29) is 36.1 Å². The molecule has 0 saturated heterocycles. The number of allylic oxidation sites excluding steroid dienone is 2. The van der Waals surface area contributed by atoms with E-state index in [1.54, 1.807) is 23.2 Å². The molecule has 37 heavy (non-hydrogen) atoms. The zero-order valence-corrected chi connectivity index (χ0v) is 21.9. The first-order valence-corrected chi connectivity index (χ1v) is 13.1. The molecule has 1 aromatic carbocycles. The van der Waals surface area contributed by atoms with Gasteiger partial charge in [0.2, 0.25) is 5.88 Å². The minimum Gasteiger partial charge on any atom is -0.478 e. The van der Waals surface area contributed by atoms with Gasteiger partial charge in [0.1, 0.15) is 11.7 Å². The highest BCUT2D eigenvalue weighted by molar-refractivity contribution is 5.97. The van der Waals surface area contributed by atoms with Crippen molar-refractivity contribution in [1.82, 2.24) is 14.8 Å². The molecule has 2 aliphatic rings. The molecule has 8 heteroatoms. The normalized spacial score (nSPS) is 20.9. The molecule has 1 amide bonds. The predicted molar refractivity (Wildman–Crippen MR) is 142 cm³/mol. The van der Waals surface area contributed by atoms with Crippen molar-refractivity contribution in [2.45, 2.75) is 58.2 Å². The maximum atomic E-state index is 13.6. The molecule has 1 aliphatic heterocycles. The van der Waals surface area contributed by atoms with E-state index in [9.17, 15) is 14.7 Å². The molecule has 0 radical (unpaired) electrons. The van der Waals surface area contributed by atoms with Crippen LogP contribution in [0.2, 0.25) is 0 Å². The number of likely N-dealkylation sites (N-methyl/N-ethyl adjacent to an activating group) is 1. The molecule has 0 saturated carbocycles. The molecule has 1 aliphatic carbocycles. The summed E-state index contributed by atoms with van der Waals surface area (Å²) in [5, 5.41) is 19.0. The Bertz CT molecular complexity index is 1150. The Kier molecular flexibility index (Phi) is 8.61. The number of aromatic carboxylic acids is 1.